The number of carbonyl (C=O) groups excluding carboxylic acids is 1. The molecule has 1 aromatic heterocycles. The number of anilines is 1. The number of hydrogen-bond donors (Lipinski definition) is 1. The number of fused-ring (bicyclic) bond motifs is 2. The van der Waals surface area contributed by atoms with Gasteiger partial charge in [-0.25, -0.2) is 0 Å². The smallest absolute Gasteiger partial charge is 0.244 e. The van der Waals surface area contributed by atoms with Crippen LogP contribution < -0.4 is 10.7 Å². The summed E-state index contributed by atoms with van der Waals surface area (Å²) >= 11 is 0. The lowest BCUT2D eigenvalue weighted by Gasteiger charge is -2.26. The highest BCUT2D eigenvalue weighted by Gasteiger charge is 2.19. The van der Waals surface area contributed by atoms with E-state index in [0.717, 1.165) is 41.0 Å². The molecule has 1 fully saturated rings. The molecule has 2 unspecified atom stereocenters. The van der Waals surface area contributed by atoms with Gasteiger partial charge in [0.25, 0.3) is 0 Å². The van der Waals surface area contributed by atoms with Gasteiger partial charge in [-0.1, -0.05) is 56.2 Å². The maximum absolute atomic E-state index is 13.1. The second-order valence-electron chi connectivity index (χ2n) is 9.40. The molecular formula is C29H30N2O3. The van der Waals surface area contributed by atoms with E-state index in [9.17, 15) is 9.59 Å². The summed E-state index contributed by atoms with van der Waals surface area (Å²) in [5.41, 5.74) is 3.30. The molecule has 1 heterocycles. The number of nitrogens with zero attached hydrogens (tertiary/aromatic N) is 1. The van der Waals surface area contributed by atoms with Crippen LogP contribution in [0.4, 0.5) is 5.69 Å². The maximum Gasteiger partial charge on any atom is 0.244 e. The van der Waals surface area contributed by atoms with E-state index in [4.69, 9.17) is 4.74 Å². The molecule has 1 N–H and O–H groups in total. The van der Waals surface area contributed by atoms with E-state index < -0.39 is 0 Å². The van der Waals surface area contributed by atoms with E-state index in [0.29, 0.717) is 23.5 Å². The summed E-state index contributed by atoms with van der Waals surface area (Å²) < 4.78 is 8.07. The molecule has 0 saturated heterocycles. The minimum atomic E-state index is -0.141. The molecule has 0 bridgehead atoms. The van der Waals surface area contributed by atoms with Crippen molar-refractivity contribution in [3.8, 4) is 0 Å². The number of carbonyl (C=O) groups is 1. The van der Waals surface area contributed by atoms with Gasteiger partial charge in [0.15, 0.2) is 5.43 Å². The molecule has 5 heteroatoms. The van der Waals surface area contributed by atoms with E-state index >= 15 is 0 Å². The van der Waals surface area contributed by atoms with Gasteiger partial charge in [-0.15, -0.1) is 0 Å². The Morgan fingerprint density at radius 3 is 2.38 bits per heavy atom. The Kier molecular flexibility index (Phi) is 6.45. The predicted octanol–water partition coefficient (Wildman–Crippen LogP) is 5.89. The third-order valence-corrected chi connectivity index (χ3v) is 6.77. The summed E-state index contributed by atoms with van der Waals surface area (Å²) in [7, 11) is 0. The molecule has 1 saturated carbocycles. The highest BCUT2D eigenvalue weighted by molar-refractivity contribution is 5.97. The molecule has 1 amide bonds. The maximum atomic E-state index is 13.1. The van der Waals surface area contributed by atoms with E-state index in [1.54, 1.807) is 0 Å². The number of ether oxygens (including phenoxy) is 1. The first-order valence-corrected chi connectivity index (χ1v) is 12.1. The standard InChI is InChI=1S/C29H30N2O3/c1-20-8-6-11-23(16-20)34-19-21-9-7-10-22(17-21)30-28(32)18-31-26-14-4-2-12-24(26)29(33)25-13-3-5-15-27(25)31/h2-5,7,9-10,12-15,17,20,23H,6,8,11,16,18-19H2,1H3,(H,30,32). The zero-order valence-corrected chi connectivity index (χ0v) is 19.5. The van der Waals surface area contributed by atoms with Gasteiger partial charge in [0.2, 0.25) is 5.91 Å². The number of nitrogens with one attached hydrogen (secondary N) is 1. The lowest BCUT2D eigenvalue weighted by Crippen LogP contribution is -2.22. The number of amides is 1. The van der Waals surface area contributed by atoms with Crippen LogP contribution >= 0.6 is 0 Å². The SMILES string of the molecule is CC1CCCC(OCc2cccc(NC(=O)Cn3c4ccccc4c(=O)c4ccccc43)c2)C1. The molecule has 4 aromatic rings. The molecular weight excluding hydrogens is 424 g/mol. The molecule has 5 nitrogen and oxygen atoms in total. The highest BCUT2D eigenvalue weighted by atomic mass is 16.5. The van der Waals surface area contributed by atoms with Crippen LogP contribution in [-0.2, 0) is 22.7 Å². The third kappa shape index (κ3) is 4.75. The van der Waals surface area contributed by atoms with E-state index in [1.165, 1.54) is 12.8 Å². The van der Waals surface area contributed by atoms with Crippen molar-refractivity contribution in [2.24, 2.45) is 5.92 Å². The molecule has 0 radical (unpaired) electrons. The first-order valence-electron chi connectivity index (χ1n) is 12.1. The minimum Gasteiger partial charge on any atom is -0.374 e. The molecule has 3 aromatic carbocycles. The molecule has 1 aliphatic carbocycles. The fraction of sp³-hybridized carbons (Fsp3) is 0.310. The fourth-order valence-electron chi connectivity index (χ4n) is 5.07. The normalized spacial score (nSPS) is 18.3. The van der Waals surface area contributed by atoms with Gasteiger partial charge in [-0.3, -0.25) is 9.59 Å². The number of pyridine rings is 1. The van der Waals surface area contributed by atoms with Gasteiger partial charge in [0.1, 0.15) is 6.54 Å². The molecule has 1 aliphatic rings. The van der Waals surface area contributed by atoms with Crippen LogP contribution in [0.1, 0.15) is 38.2 Å². The van der Waals surface area contributed by atoms with E-state index in [1.807, 2.05) is 77.4 Å². The number of para-hydroxylation sites is 2. The summed E-state index contributed by atoms with van der Waals surface area (Å²) in [6.45, 7) is 2.96. The van der Waals surface area contributed by atoms with Crippen molar-refractivity contribution in [3.63, 3.8) is 0 Å². The minimum absolute atomic E-state index is 0.0112. The molecule has 0 aliphatic heterocycles. The van der Waals surface area contributed by atoms with Gasteiger partial charge in [-0.2, -0.15) is 0 Å². The number of rotatable bonds is 6. The number of benzene rings is 3. The topological polar surface area (TPSA) is 60.3 Å². The molecule has 5 rings (SSSR count). The summed E-state index contributed by atoms with van der Waals surface area (Å²) in [5.74, 6) is 0.586. The van der Waals surface area contributed by atoms with Crippen LogP contribution in [0.25, 0.3) is 21.8 Å². The van der Waals surface area contributed by atoms with Crippen LogP contribution in [-0.4, -0.2) is 16.6 Å². The average Bonchev–Trinajstić information content (AvgIpc) is 2.86. The Hall–Kier alpha value is -3.44. The lowest BCUT2D eigenvalue weighted by molar-refractivity contribution is -0.116. The van der Waals surface area contributed by atoms with E-state index in [-0.39, 0.29) is 17.9 Å². The Balaban J connectivity index is 1.33. The Morgan fingerprint density at radius 1 is 0.971 bits per heavy atom. The van der Waals surface area contributed by atoms with Crippen LogP contribution in [0.15, 0.2) is 77.6 Å². The second-order valence-corrected chi connectivity index (χ2v) is 9.40. The number of hydrogen-bond acceptors (Lipinski definition) is 3. The Labute approximate surface area is 199 Å². The fourth-order valence-corrected chi connectivity index (χ4v) is 5.07. The first kappa shape index (κ1) is 22.4. The first-order chi connectivity index (χ1) is 16.6. The van der Waals surface area contributed by atoms with Crippen LogP contribution in [0, 0.1) is 5.92 Å². The largest absolute Gasteiger partial charge is 0.374 e. The molecule has 0 spiro atoms. The molecule has 2 atom stereocenters. The van der Waals surface area contributed by atoms with Crippen LogP contribution in [0.5, 0.6) is 0 Å². The van der Waals surface area contributed by atoms with Gasteiger partial charge >= 0.3 is 0 Å². The summed E-state index contributed by atoms with van der Waals surface area (Å²) in [4.78, 5) is 26.0. The van der Waals surface area contributed by atoms with Crippen molar-refractivity contribution in [1.29, 1.82) is 0 Å². The molecule has 174 valence electrons. The van der Waals surface area contributed by atoms with Crippen molar-refractivity contribution in [2.45, 2.75) is 51.9 Å². The van der Waals surface area contributed by atoms with E-state index in [2.05, 4.69) is 12.2 Å². The van der Waals surface area contributed by atoms with Crippen molar-refractivity contribution in [3.05, 3.63) is 88.6 Å². The van der Waals surface area contributed by atoms with Gasteiger partial charge < -0.3 is 14.6 Å². The summed E-state index contributed by atoms with van der Waals surface area (Å²) in [6, 6.07) is 22.7. The number of aromatic nitrogens is 1. The zero-order valence-electron chi connectivity index (χ0n) is 19.5. The summed E-state index contributed by atoms with van der Waals surface area (Å²) in [6.07, 6.45) is 5.10. The highest BCUT2D eigenvalue weighted by Crippen LogP contribution is 2.26. The van der Waals surface area contributed by atoms with Crippen molar-refractivity contribution >= 4 is 33.4 Å². The summed E-state index contributed by atoms with van der Waals surface area (Å²) in [5, 5.41) is 4.26. The Morgan fingerprint density at radius 2 is 1.68 bits per heavy atom. The Bertz CT molecular complexity index is 1330. The van der Waals surface area contributed by atoms with Gasteiger partial charge in [0.05, 0.1) is 23.7 Å². The van der Waals surface area contributed by atoms with Crippen molar-refractivity contribution < 1.29 is 9.53 Å². The zero-order chi connectivity index (χ0) is 23.5. The third-order valence-electron chi connectivity index (χ3n) is 6.77. The van der Waals surface area contributed by atoms with Gasteiger partial charge in [-0.05, 0) is 60.7 Å². The van der Waals surface area contributed by atoms with Crippen LogP contribution in [0.3, 0.4) is 0 Å². The second kappa shape index (κ2) is 9.82. The van der Waals surface area contributed by atoms with Crippen LogP contribution in [0.2, 0.25) is 0 Å². The monoisotopic (exact) mass is 454 g/mol. The van der Waals surface area contributed by atoms with Crippen molar-refractivity contribution in [1.82, 2.24) is 4.57 Å². The van der Waals surface area contributed by atoms with Crippen molar-refractivity contribution in [2.75, 3.05) is 5.32 Å². The predicted molar refractivity (Wildman–Crippen MR) is 137 cm³/mol. The molecule has 34 heavy (non-hydrogen) atoms. The van der Waals surface area contributed by atoms with Gasteiger partial charge in [0, 0.05) is 16.5 Å². The lowest BCUT2D eigenvalue weighted by atomic mass is 9.89. The average molecular weight is 455 g/mol. The quantitative estimate of drug-likeness (QED) is 0.370.